The summed E-state index contributed by atoms with van der Waals surface area (Å²) in [5.41, 5.74) is -0.668. The van der Waals surface area contributed by atoms with Crippen LogP contribution in [0.1, 0.15) is 25.8 Å². The summed E-state index contributed by atoms with van der Waals surface area (Å²) in [6, 6.07) is 5.98. The fourth-order valence-electron chi connectivity index (χ4n) is 3.72. The van der Waals surface area contributed by atoms with Crippen molar-refractivity contribution in [1.82, 2.24) is 15.1 Å². The number of halogens is 1. The summed E-state index contributed by atoms with van der Waals surface area (Å²) >= 11 is 3.35. The number of nitrogens with one attached hydrogen (secondary N) is 1. The number of likely N-dealkylation sites (N-methyl/N-ethyl adjacent to an activating group) is 1. The molecule has 4 amide bonds. The lowest BCUT2D eigenvalue weighted by Gasteiger charge is -2.28. The lowest BCUT2D eigenvalue weighted by atomic mass is 9.92. The third kappa shape index (κ3) is 3.80. The lowest BCUT2D eigenvalue weighted by Crippen LogP contribution is -2.48. The van der Waals surface area contributed by atoms with Gasteiger partial charge in [-0.05, 0) is 38.0 Å². The topological polar surface area (TPSA) is 104 Å². The number of rotatable bonds is 5. The normalized spacial score (nSPS) is 26.4. The van der Waals surface area contributed by atoms with Gasteiger partial charge in [-0.25, -0.2) is 13.2 Å². The zero-order chi connectivity index (χ0) is 20.7. The molecule has 0 radical (unpaired) electrons. The maximum atomic E-state index is 13.0. The highest BCUT2D eigenvalue weighted by molar-refractivity contribution is 9.10. The highest BCUT2D eigenvalue weighted by Gasteiger charge is 2.50. The number of sulfone groups is 1. The SMILES string of the molecule is CCN(C(=O)CN1C(=O)N[C@@](C)(c2cccc(Br)c2)C1=O)[C@@H]1CCS(=O)(=O)C1. The first kappa shape index (κ1) is 20.8. The number of benzene rings is 1. The van der Waals surface area contributed by atoms with Gasteiger partial charge in [0.2, 0.25) is 5.91 Å². The van der Waals surface area contributed by atoms with Crippen molar-refractivity contribution in [2.45, 2.75) is 31.8 Å². The largest absolute Gasteiger partial charge is 0.337 e. The summed E-state index contributed by atoms with van der Waals surface area (Å²) in [7, 11) is -3.15. The first-order chi connectivity index (χ1) is 13.1. The second-order valence-electron chi connectivity index (χ2n) is 7.19. The fourth-order valence-corrected chi connectivity index (χ4v) is 5.85. The van der Waals surface area contributed by atoms with Crippen LogP contribution in [0.25, 0.3) is 0 Å². The van der Waals surface area contributed by atoms with E-state index in [1.54, 1.807) is 32.0 Å². The number of amides is 4. The van der Waals surface area contributed by atoms with Crippen LogP contribution in [-0.2, 0) is 25.0 Å². The van der Waals surface area contributed by atoms with Crippen molar-refractivity contribution in [1.29, 1.82) is 0 Å². The molecule has 2 saturated heterocycles. The van der Waals surface area contributed by atoms with E-state index in [1.807, 2.05) is 6.07 Å². The minimum Gasteiger partial charge on any atom is -0.337 e. The minimum absolute atomic E-state index is 0.0472. The van der Waals surface area contributed by atoms with Crippen molar-refractivity contribution in [3.63, 3.8) is 0 Å². The zero-order valence-corrected chi connectivity index (χ0v) is 18.0. The Bertz CT molecular complexity index is 935. The summed E-state index contributed by atoms with van der Waals surface area (Å²) in [6.45, 7) is 3.24. The highest BCUT2D eigenvalue weighted by Crippen LogP contribution is 2.30. The van der Waals surface area contributed by atoms with E-state index in [4.69, 9.17) is 0 Å². The molecule has 0 spiro atoms. The molecular formula is C18H22BrN3O5S. The molecule has 2 heterocycles. The molecule has 1 aromatic rings. The molecule has 0 saturated carbocycles. The Labute approximate surface area is 172 Å². The highest BCUT2D eigenvalue weighted by atomic mass is 79.9. The minimum atomic E-state index is -3.15. The fraction of sp³-hybridized carbons (Fsp3) is 0.500. The van der Waals surface area contributed by atoms with E-state index < -0.39 is 45.8 Å². The summed E-state index contributed by atoms with van der Waals surface area (Å²) in [4.78, 5) is 40.5. The van der Waals surface area contributed by atoms with Gasteiger partial charge in [-0.15, -0.1) is 0 Å². The third-order valence-corrected chi connectivity index (χ3v) is 7.52. The molecule has 0 aromatic heterocycles. The number of carbonyl (C=O) groups is 3. The molecular weight excluding hydrogens is 450 g/mol. The number of nitrogens with zero attached hydrogens (tertiary/aromatic N) is 2. The smallest absolute Gasteiger partial charge is 0.325 e. The van der Waals surface area contributed by atoms with Crippen LogP contribution in [0.15, 0.2) is 28.7 Å². The monoisotopic (exact) mass is 471 g/mol. The zero-order valence-electron chi connectivity index (χ0n) is 15.6. The van der Waals surface area contributed by atoms with Crippen molar-refractivity contribution in [3.05, 3.63) is 34.3 Å². The van der Waals surface area contributed by atoms with Crippen LogP contribution in [0.4, 0.5) is 4.79 Å². The molecule has 2 atom stereocenters. The molecule has 0 bridgehead atoms. The van der Waals surface area contributed by atoms with Gasteiger partial charge in [0, 0.05) is 17.1 Å². The molecule has 2 aliphatic rings. The van der Waals surface area contributed by atoms with Crippen LogP contribution in [0, 0.1) is 0 Å². The van der Waals surface area contributed by atoms with E-state index in [9.17, 15) is 22.8 Å². The predicted octanol–water partition coefficient (Wildman–Crippen LogP) is 1.25. The second kappa shape index (κ2) is 7.47. The number of carbonyl (C=O) groups excluding carboxylic acids is 3. The van der Waals surface area contributed by atoms with Crippen molar-refractivity contribution < 1.29 is 22.8 Å². The standard InChI is InChI=1S/C18H22BrN3O5S/c1-3-21(14-7-8-28(26,27)11-14)15(23)10-22-16(24)18(2,20-17(22)25)12-5-4-6-13(19)9-12/h4-6,9,14H,3,7-8,10-11H2,1-2H3,(H,20,25)/t14-,18+/m1/s1. The Balaban J connectivity index is 1.77. The summed E-state index contributed by atoms with van der Waals surface area (Å²) < 4.78 is 24.2. The maximum Gasteiger partial charge on any atom is 0.325 e. The van der Waals surface area contributed by atoms with Gasteiger partial charge >= 0.3 is 6.03 Å². The van der Waals surface area contributed by atoms with Gasteiger partial charge in [0.25, 0.3) is 5.91 Å². The van der Waals surface area contributed by atoms with E-state index in [1.165, 1.54) is 4.90 Å². The van der Waals surface area contributed by atoms with Gasteiger partial charge < -0.3 is 10.2 Å². The molecule has 10 heteroatoms. The molecule has 1 aromatic carbocycles. The molecule has 8 nitrogen and oxygen atoms in total. The number of hydrogen-bond acceptors (Lipinski definition) is 5. The Morgan fingerprint density at radius 2 is 2.11 bits per heavy atom. The van der Waals surface area contributed by atoms with Gasteiger partial charge in [-0.1, -0.05) is 28.1 Å². The van der Waals surface area contributed by atoms with Crippen LogP contribution >= 0.6 is 15.9 Å². The molecule has 3 rings (SSSR count). The molecule has 0 aliphatic carbocycles. The summed E-state index contributed by atoms with van der Waals surface area (Å²) in [5, 5.41) is 2.67. The Morgan fingerprint density at radius 1 is 1.39 bits per heavy atom. The molecule has 152 valence electrons. The van der Waals surface area contributed by atoms with Crippen molar-refractivity contribution in [2.75, 3.05) is 24.6 Å². The second-order valence-corrected chi connectivity index (χ2v) is 10.3. The van der Waals surface area contributed by atoms with Gasteiger partial charge in [-0.2, -0.15) is 0 Å². The van der Waals surface area contributed by atoms with Crippen LogP contribution in [0.2, 0.25) is 0 Å². The van der Waals surface area contributed by atoms with Gasteiger partial charge in [-0.3, -0.25) is 14.5 Å². The number of hydrogen-bond donors (Lipinski definition) is 1. The van der Waals surface area contributed by atoms with E-state index >= 15 is 0 Å². The quantitative estimate of drug-likeness (QED) is 0.650. The summed E-state index contributed by atoms with van der Waals surface area (Å²) in [5.74, 6) is -0.987. The predicted molar refractivity (Wildman–Crippen MR) is 106 cm³/mol. The van der Waals surface area contributed by atoms with E-state index in [0.29, 0.717) is 18.5 Å². The first-order valence-electron chi connectivity index (χ1n) is 8.97. The third-order valence-electron chi connectivity index (χ3n) is 5.28. The Hall–Kier alpha value is -1.94. The number of urea groups is 1. The van der Waals surface area contributed by atoms with Crippen molar-refractivity contribution in [3.8, 4) is 0 Å². The van der Waals surface area contributed by atoms with E-state index in [2.05, 4.69) is 21.2 Å². The van der Waals surface area contributed by atoms with E-state index in [0.717, 1.165) is 9.37 Å². The van der Waals surface area contributed by atoms with Gasteiger partial charge in [0.1, 0.15) is 12.1 Å². The average molecular weight is 472 g/mol. The Kier molecular flexibility index (Phi) is 5.55. The van der Waals surface area contributed by atoms with Crippen molar-refractivity contribution >= 4 is 43.6 Å². The van der Waals surface area contributed by atoms with Gasteiger partial charge in [0.05, 0.1) is 11.5 Å². The molecule has 2 fully saturated rings. The lowest BCUT2D eigenvalue weighted by molar-refractivity contribution is -0.139. The van der Waals surface area contributed by atoms with Crippen LogP contribution in [0.3, 0.4) is 0 Å². The Morgan fingerprint density at radius 3 is 2.68 bits per heavy atom. The molecule has 0 unspecified atom stereocenters. The number of imide groups is 1. The van der Waals surface area contributed by atoms with Crippen LogP contribution in [-0.4, -0.2) is 66.7 Å². The van der Waals surface area contributed by atoms with Crippen molar-refractivity contribution in [2.24, 2.45) is 0 Å². The van der Waals surface area contributed by atoms with Gasteiger partial charge in [0.15, 0.2) is 9.84 Å². The van der Waals surface area contributed by atoms with Crippen LogP contribution in [0.5, 0.6) is 0 Å². The molecule has 1 N–H and O–H groups in total. The summed E-state index contributed by atoms with van der Waals surface area (Å²) in [6.07, 6.45) is 0.373. The van der Waals surface area contributed by atoms with E-state index in [-0.39, 0.29) is 11.5 Å². The molecule has 2 aliphatic heterocycles. The molecule has 28 heavy (non-hydrogen) atoms. The average Bonchev–Trinajstić information content (AvgIpc) is 3.08. The first-order valence-corrected chi connectivity index (χ1v) is 11.6. The van der Waals surface area contributed by atoms with Crippen LogP contribution < -0.4 is 5.32 Å². The maximum absolute atomic E-state index is 13.0.